The Kier molecular flexibility index (Phi) is 6.21. The van der Waals surface area contributed by atoms with Crippen LogP contribution in [0.2, 0.25) is 10.0 Å². The van der Waals surface area contributed by atoms with Gasteiger partial charge in [-0.1, -0.05) is 35.3 Å². The molecule has 1 atom stereocenters. The first-order valence-corrected chi connectivity index (χ1v) is 10.4. The van der Waals surface area contributed by atoms with Crippen LogP contribution in [0.5, 0.6) is 0 Å². The molecule has 8 heteroatoms. The summed E-state index contributed by atoms with van der Waals surface area (Å²) in [6.07, 6.45) is 1.07. The fourth-order valence-corrected chi connectivity index (χ4v) is 4.02. The molecule has 0 aliphatic carbocycles. The van der Waals surface area contributed by atoms with Gasteiger partial charge in [-0.15, -0.1) is 0 Å². The molecule has 1 N–H and O–H groups in total. The molecule has 140 valence electrons. The lowest BCUT2D eigenvalue weighted by atomic mass is 10.1. The van der Waals surface area contributed by atoms with Gasteiger partial charge in [-0.2, -0.15) is 0 Å². The van der Waals surface area contributed by atoms with Gasteiger partial charge in [0, 0.05) is 0 Å². The van der Waals surface area contributed by atoms with Gasteiger partial charge in [-0.3, -0.25) is 9.10 Å². The summed E-state index contributed by atoms with van der Waals surface area (Å²) in [7, 11) is -3.69. The van der Waals surface area contributed by atoms with Gasteiger partial charge >= 0.3 is 0 Å². The number of rotatable bonds is 5. The van der Waals surface area contributed by atoms with Gasteiger partial charge in [0.2, 0.25) is 15.9 Å². The molecule has 0 aliphatic heterocycles. The van der Waals surface area contributed by atoms with Crippen molar-refractivity contribution in [1.29, 1.82) is 0 Å². The number of sulfonamides is 1. The third-order valence-corrected chi connectivity index (χ3v) is 6.10. The average Bonchev–Trinajstić information content (AvgIpc) is 2.54. The molecule has 2 aromatic carbocycles. The zero-order valence-corrected chi connectivity index (χ0v) is 17.2. The van der Waals surface area contributed by atoms with Crippen LogP contribution in [-0.4, -0.2) is 26.6 Å². The van der Waals surface area contributed by atoms with Crippen molar-refractivity contribution in [2.45, 2.75) is 26.8 Å². The van der Waals surface area contributed by atoms with Gasteiger partial charge < -0.3 is 5.32 Å². The van der Waals surface area contributed by atoms with Crippen LogP contribution in [0.4, 0.5) is 11.4 Å². The average molecular weight is 415 g/mol. The zero-order valence-electron chi connectivity index (χ0n) is 14.9. The molecule has 0 aliphatic rings. The molecule has 1 amide bonds. The SMILES string of the molecule is Cc1ccc(N([C@@H](C)C(=O)Nc2cccc(Cl)c2Cl)S(C)(=O)=O)cc1C. The maximum absolute atomic E-state index is 12.7. The Labute approximate surface area is 164 Å². The topological polar surface area (TPSA) is 66.5 Å². The zero-order chi connectivity index (χ0) is 19.6. The minimum atomic E-state index is -3.69. The highest BCUT2D eigenvalue weighted by atomic mass is 35.5. The molecule has 2 aromatic rings. The first-order chi connectivity index (χ1) is 12.0. The van der Waals surface area contributed by atoms with Gasteiger partial charge in [0.05, 0.1) is 27.7 Å². The monoisotopic (exact) mass is 414 g/mol. The Balaban J connectivity index is 2.37. The molecule has 0 saturated carbocycles. The van der Waals surface area contributed by atoms with E-state index in [2.05, 4.69) is 5.32 Å². The molecular formula is C18H20Cl2N2O3S. The highest BCUT2D eigenvalue weighted by Gasteiger charge is 2.29. The third-order valence-electron chi connectivity index (χ3n) is 4.04. The second kappa shape index (κ2) is 7.86. The number of benzene rings is 2. The number of hydrogen-bond acceptors (Lipinski definition) is 3. The highest BCUT2D eigenvalue weighted by Crippen LogP contribution is 2.30. The number of carbonyl (C=O) groups excluding carboxylic acids is 1. The quantitative estimate of drug-likeness (QED) is 0.787. The van der Waals surface area contributed by atoms with Gasteiger partial charge in [0.15, 0.2) is 0 Å². The molecule has 0 spiro atoms. The van der Waals surface area contributed by atoms with Crippen molar-refractivity contribution in [3.8, 4) is 0 Å². The smallest absolute Gasteiger partial charge is 0.248 e. The number of hydrogen-bond donors (Lipinski definition) is 1. The molecule has 0 heterocycles. The molecule has 0 radical (unpaired) electrons. The van der Waals surface area contributed by atoms with Crippen molar-refractivity contribution in [3.05, 3.63) is 57.6 Å². The van der Waals surface area contributed by atoms with Gasteiger partial charge in [0.25, 0.3) is 0 Å². The fraction of sp³-hybridized carbons (Fsp3) is 0.278. The van der Waals surface area contributed by atoms with E-state index in [9.17, 15) is 13.2 Å². The van der Waals surface area contributed by atoms with Crippen molar-refractivity contribution >= 4 is 50.5 Å². The number of carbonyl (C=O) groups is 1. The molecular weight excluding hydrogens is 395 g/mol. The van der Waals surface area contributed by atoms with Gasteiger partial charge in [-0.25, -0.2) is 8.42 Å². The van der Waals surface area contributed by atoms with E-state index in [0.717, 1.165) is 21.7 Å². The first-order valence-electron chi connectivity index (χ1n) is 7.84. The minimum Gasteiger partial charge on any atom is -0.323 e. The summed E-state index contributed by atoms with van der Waals surface area (Å²) >= 11 is 12.0. The Morgan fingerprint density at radius 3 is 2.35 bits per heavy atom. The van der Waals surface area contributed by atoms with Crippen molar-refractivity contribution in [2.24, 2.45) is 0 Å². The van der Waals surface area contributed by atoms with Crippen molar-refractivity contribution in [2.75, 3.05) is 15.9 Å². The van der Waals surface area contributed by atoms with Crippen LogP contribution in [0.15, 0.2) is 36.4 Å². The third kappa shape index (κ3) is 4.50. The first kappa shape index (κ1) is 20.6. The van der Waals surface area contributed by atoms with Crippen LogP contribution in [0.3, 0.4) is 0 Å². The second-order valence-electron chi connectivity index (χ2n) is 6.09. The predicted molar refractivity (Wildman–Crippen MR) is 108 cm³/mol. The van der Waals surface area contributed by atoms with E-state index in [0.29, 0.717) is 16.4 Å². The summed E-state index contributed by atoms with van der Waals surface area (Å²) < 4.78 is 25.8. The van der Waals surface area contributed by atoms with E-state index in [1.165, 1.54) is 6.92 Å². The fourth-order valence-electron chi connectivity index (χ4n) is 2.51. The summed E-state index contributed by atoms with van der Waals surface area (Å²) in [6, 6.07) is 9.10. The largest absolute Gasteiger partial charge is 0.323 e. The molecule has 0 bridgehead atoms. The number of anilines is 2. The molecule has 0 aromatic heterocycles. The van der Waals surface area contributed by atoms with E-state index in [4.69, 9.17) is 23.2 Å². The summed E-state index contributed by atoms with van der Waals surface area (Å²) in [5.74, 6) is -0.516. The molecule has 26 heavy (non-hydrogen) atoms. The number of nitrogens with one attached hydrogen (secondary N) is 1. The van der Waals surface area contributed by atoms with Crippen molar-refractivity contribution in [3.63, 3.8) is 0 Å². The Hall–Kier alpha value is -1.76. The lowest BCUT2D eigenvalue weighted by Gasteiger charge is -2.28. The van der Waals surface area contributed by atoms with Gasteiger partial charge in [0.1, 0.15) is 6.04 Å². The van der Waals surface area contributed by atoms with E-state index < -0.39 is 22.0 Å². The summed E-state index contributed by atoms with van der Waals surface area (Å²) in [5.41, 5.74) is 2.71. The number of nitrogens with zero attached hydrogens (tertiary/aromatic N) is 1. The molecule has 2 rings (SSSR count). The van der Waals surface area contributed by atoms with Crippen LogP contribution in [-0.2, 0) is 14.8 Å². The summed E-state index contributed by atoms with van der Waals surface area (Å²) in [6.45, 7) is 5.33. The van der Waals surface area contributed by atoms with E-state index >= 15 is 0 Å². The molecule has 0 unspecified atom stereocenters. The highest BCUT2D eigenvalue weighted by molar-refractivity contribution is 7.92. The number of aryl methyl sites for hydroxylation is 2. The van der Waals surface area contributed by atoms with Crippen LogP contribution in [0, 0.1) is 13.8 Å². The molecule has 0 fully saturated rings. The number of halogens is 2. The second-order valence-corrected chi connectivity index (χ2v) is 8.74. The standard InChI is InChI=1S/C18H20Cl2N2O3S/c1-11-8-9-14(10-12(11)2)22(26(4,24)25)13(3)18(23)21-16-7-5-6-15(19)17(16)20/h5-10,13H,1-4H3,(H,21,23)/t13-/m0/s1. The lowest BCUT2D eigenvalue weighted by molar-refractivity contribution is -0.116. The van der Waals surface area contributed by atoms with Crippen LogP contribution in [0.1, 0.15) is 18.1 Å². The van der Waals surface area contributed by atoms with Crippen LogP contribution >= 0.6 is 23.2 Å². The van der Waals surface area contributed by atoms with Crippen LogP contribution < -0.4 is 9.62 Å². The van der Waals surface area contributed by atoms with Crippen molar-refractivity contribution in [1.82, 2.24) is 0 Å². The Morgan fingerprint density at radius 1 is 1.12 bits per heavy atom. The van der Waals surface area contributed by atoms with E-state index in [-0.39, 0.29) is 5.02 Å². The molecule has 5 nitrogen and oxygen atoms in total. The van der Waals surface area contributed by atoms with E-state index in [1.54, 1.807) is 30.3 Å². The Morgan fingerprint density at radius 2 is 1.77 bits per heavy atom. The van der Waals surface area contributed by atoms with Crippen molar-refractivity contribution < 1.29 is 13.2 Å². The maximum Gasteiger partial charge on any atom is 0.248 e. The molecule has 0 saturated heterocycles. The van der Waals surface area contributed by atoms with Crippen LogP contribution in [0.25, 0.3) is 0 Å². The minimum absolute atomic E-state index is 0.201. The van der Waals surface area contributed by atoms with E-state index in [1.807, 2.05) is 19.9 Å². The normalized spacial score (nSPS) is 12.5. The lowest BCUT2D eigenvalue weighted by Crippen LogP contribution is -2.45. The van der Waals surface area contributed by atoms with Gasteiger partial charge in [-0.05, 0) is 56.2 Å². The summed E-state index contributed by atoms with van der Waals surface area (Å²) in [5, 5.41) is 3.14. The number of amides is 1. The predicted octanol–water partition coefficient (Wildman–Crippen LogP) is 4.40. The Bertz CT molecular complexity index is 945. The maximum atomic E-state index is 12.7. The summed E-state index contributed by atoms with van der Waals surface area (Å²) in [4.78, 5) is 12.7.